The highest BCUT2D eigenvalue weighted by Crippen LogP contribution is 2.32. The van der Waals surface area contributed by atoms with E-state index in [1.165, 1.54) is 6.07 Å². The summed E-state index contributed by atoms with van der Waals surface area (Å²) in [5.41, 5.74) is 0.494. The zero-order chi connectivity index (χ0) is 16.8. The molecule has 0 aliphatic carbocycles. The molecule has 136 valence electrons. The molecular weight excluding hydrogens is 392 g/mol. The van der Waals surface area contributed by atoms with Crippen molar-refractivity contribution in [2.45, 2.75) is 19.8 Å². The van der Waals surface area contributed by atoms with E-state index in [1.807, 2.05) is 0 Å². The predicted octanol–water partition coefficient (Wildman–Crippen LogP) is 4.33. The molecule has 0 atom stereocenters. The summed E-state index contributed by atoms with van der Waals surface area (Å²) in [6, 6.07) is 3.11. The number of carbonyl (C=O) groups is 1. The maximum absolute atomic E-state index is 12.2. The average Bonchev–Trinajstić information content (AvgIpc) is 2.52. The lowest BCUT2D eigenvalue weighted by atomic mass is 9.97. The third-order valence-electron chi connectivity index (χ3n) is 4.04. The van der Waals surface area contributed by atoms with Gasteiger partial charge in [0.25, 0.3) is 0 Å². The van der Waals surface area contributed by atoms with Gasteiger partial charge in [0, 0.05) is 0 Å². The van der Waals surface area contributed by atoms with Crippen LogP contribution in [-0.4, -0.2) is 43.5 Å². The van der Waals surface area contributed by atoms with Crippen LogP contribution in [0.25, 0.3) is 0 Å². The first-order chi connectivity index (χ1) is 11.0. The lowest BCUT2D eigenvalue weighted by Crippen LogP contribution is -2.41. The molecule has 1 amide bonds. The summed E-state index contributed by atoms with van der Waals surface area (Å²) in [6.45, 7) is 6.44. The summed E-state index contributed by atoms with van der Waals surface area (Å²) in [5.74, 6) is 0.620. The molecule has 2 N–H and O–H groups in total. The summed E-state index contributed by atoms with van der Waals surface area (Å²) >= 11 is 17.9. The number of halogens is 4. The van der Waals surface area contributed by atoms with Crippen molar-refractivity contribution in [2.75, 3.05) is 38.0 Å². The van der Waals surface area contributed by atoms with E-state index < -0.39 is 0 Å². The molecule has 2 rings (SSSR count). The number of piperidine rings is 1. The van der Waals surface area contributed by atoms with Gasteiger partial charge < -0.3 is 10.6 Å². The van der Waals surface area contributed by atoms with E-state index in [-0.39, 0.29) is 18.3 Å². The minimum Gasteiger partial charge on any atom is -0.324 e. The second kappa shape index (κ2) is 10.7. The Kier molecular flexibility index (Phi) is 9.72. The second-order valence-electron chi connectivity index (χ2n) is 5.82. The van der Waals surface area contributed by atoms with Gasteiger partial charge in [-0.1, -0.05) is 41.7 Å². The van der Waals surface area contributed by atoms with Crippen molar-refractivity contribution in [3.05, 3.63) is 27.2 Å². The number of benzene rings is 1. The number of rotatable bonds is 6. The van der Waals surface area contributed by atoms with Crippen LogP contribution >= 0.6 is 47.2 Å². The van der Waals surface area contributed by atoms with Crippen LogP contribution in [-0.2, 0) is 4.79 Å². The average molecular weight is 415 g/mol. The van der Waals surface area contributed by atoms with Crippen molar-refractivity contribution in [1.82, 2.24) is 10.2 Å². The maximum atomic E-state index is 12.2. The van der Waals surface area contributed by atoms with Gasteiger partial charge in [0.2, 0.25) is 5.91 Å². The molecule has 0 unspecified atom stereocenters. The smallest absolute Gasteiger partial charge is 0.238 e. The number of amides is 1. The third kappa shape index (κ3) is 6.58. The summed E-state index contributed by atoms with van der Waals surface area (Å²) < 4.78 is 0. The first kappa shape index (κ1) is 21.8. The normalized spacial score (nSPS) is 15.8. The number of anilines is 1. The minimum absolute atomic E-state index is 0. The van der Waals surface area contributed by atoms with E-state index in [2.05, 4.69) is 22.5 Å². The zero-order valence-electron chi connectivity index (χ0n) is 13.6. The number of hydrogen-bond donors (Lipinski definition) is 2. The van der Waals surface area contributed by atoms with E-state index >= 15 is 0 Å². The molecular formula is C16H23Cl4N3O. The van der Waals surface area contributed by atoms with Gasteiger partial charge in [-0.2, -0.15) is 0 Å². The van der Waals surface area contributed by atoms with Crippen molar-refractivity contribution < 1.29 is 4.79 Å². The lowest BCUT2D eigenvalue weighted by molar-refractivity contribution is -0.117. The quantitative estimate of drug-likeness (QED) is 0.681. The summed E-state index contributed by atoms with van der Waals surface area (Å²) in [5, 5.41) is 7.32. The minimum atomic E-state index is -0.0876. The highest BCUT2D eigenvalue weighted by atomic mass is 35.5. The third-order valence-corrected chi connectivity index (χ3v) is 5.08. The van der Waals surface area contributed by atoms with Gasteiger partial charge in [0.1, 0.15) is 0 Å². The van der Waals surface area contributed by atoms with Gasteiger partial charge >= 0.3 is 0 Å². The number of hydrogen-bond acceptors (Lipinski definition) is 3. The number of nitrogens with one attached hydrogen (secondary N) is 2. The Bertz CT molecular complexity index is 548. The molecule has 1 aliphatic heterocycles. The number of likely N-dealkylation sites (tertiary alicyclic amines) is 1. The van der Waals surface area contributed by atoms with Gasteiger partial charge in [0.05, 0.1) is 27.3 Å². The predicted molar refractivity (Wildman–Crippen MR) is 105 cm³/mol. The molecule has 4 nitrogen and oxygen atoms in total. The van der Waals surface area contributed by atoms with E-state index in [0.717, 1.165) is 39.0 Å². The van der Waals surface area contributed by atoms with Crippen LogP contribution in [0.15, 0.2) is 12.1 Å². The molecule has 0 aromatic heterocycles. The Morgan fingerprint density at radius 2 is 1.79 bits per heavy atom. The van der Waals surface area contributed by atoms with Crippen molar-refractivity contribution in [3.63, 3.8) is 0 Å². The largest absolute Gasteiger partial charge is 0.324 e. The first-order valence-electron chi connectivity index (χ1n) is 7.87. The molecule has 1 fully saturated rings. The molecule has 1 aromatic carbocycles. The standard InChI is InChI=1S/C16H22Cl3N3O.ClH/c1-2-20-9-11-3-5-22(6-4-11)10-16(23)21-15-8-13(18)12(17)7-14(15)19;/h7-8,11,20H,2-6,9-10H2,1H3,(H,21,23);1H. The molecule has 1 saturated heterocycles. The Morgan fingerprint density at radius 3 is 2.42 bits per heavy atom. The van der Waals surface area contributed by atoms with Crippen LogP contribution in [0.4, 0.5) is 5.69 Å². The summed E-state index contributed by atoms with van der Waals surface area (Å²) in [7, 11) is 0. The maximum Gasteiger partial charge on any atom is 0.238 e. The van der Waals surface area contributed by atoms with Crippen LogP contribution in [0.5, 0.6) is 0 Å². The molecule has 0 radical (unpaired) electrons. The van der Waals surface area contributed by atoms with Crippen LogP contribution < -0.4 is 10.6 Å². The van der Waals surface area contributed by atoms with Gasteiger partial charge in [-0.05, 0) is 57.1 Å². The fourth-order valence-corrected chi connectivity index (χ4v) is 3.30. The van der Waals surface area contributed by atoms with Crippen LogP contribution in [0.1, 0.15) is 19.8 Å². The monoisotopic (exact) mass is 413 g/mol. The summed E-state index contributed by atoms with van der Waals surface area (Å²) in [4.78, 5) is 14.4. The van der Waals surface area contributed by atoms with Crippen molar-refractivity contribution in [2.24, 2.45) is 5.92 Å². The lowest BCUT2D eigenvalue weighted by Gasteiger charge is -2.31. The molecule has 1 aliphatic rings. The molecule has 0 spiro atoms. The Hall–Kier alpha value is -0.230. The van der Waals surface area contributed by atoms with Crippen LogP contribution in [0.3, 0.4) is 0 Å². The van der Waals surface area contributed by atoms with Crippen molar-refractivity contribution in [1.29, 1.82) is 0 Å². The van der Waals surface area contributed by atoms with Gasteiger partial charge in [0.15, 0.2) is 0 Å². The number of nitrogens with zero attached hydrogens (tertiary/aromatic N) is 1. The Labute approximate surface area is 164 Å². The van der Waals surface area contributed by atoms with Crippen molar-refractivity contribution >= 4 is 58.8 Å². The van der Waals surface area contributed by atoms with Crippen LogP contribution in [0.2, 0.25) is 15.1 Å². The fraction of sp³-hybridized carbons (Fsp3) is 0.562. The van der Waals surface area contributed by atoms with E-state index in [9.17, 15) is 4.79 Å². The molecule has 1 heterocycles. The highest BCUT2D eigenvalue weighted by molar-refractivity contribution is 6.44. The fourth-order valence-electron chi connectivity index (χ4n) is 2.71. The molecule has 0 bridgehead atoms. The van der Waals surface area contributed by atoms with Crippen LogP contribution in [0, 0.1) is 5.92 Å². The van der Waals surface area contributed by atoms with Crippen molar-refractivity contribution in [3.8, 4) is 0 Å². The van der Waals surface area contributed by atoms with Gasteiger partial charge in [-0.3, -0.25) is 9.69 Å². The number of carbonyl (C=O) groups excluding carboxylic acids is 1. The highest BCUT2D eigenvalue weighted by Gasteiger charge is 2.20. The zero-order valence-corrected chi connectivity index (χ0v) is 16.7. The Balaban J connectivity index is 0.00000288. The molecule has 1 aromatic rings. The van der Waals surface area contributed by atoms with E-state index in [1.54, 1.807) is 6.07 Å². The Morgan fingerprint density at radius 1 is 1.17 bits per heavy atom. The second-order valence-corrected chi connectivity index (χ2v) is 7.04. The first-order valence-corrected chi connectivity index (χ1v) is 9.00. The van der Waals surface area contributed by atoms with Gasteiger partial charge in [-0.25, -0.2) is 0 Å². The topological polar surface area (TPSA) is 44.4 Å². The van der Waals surface area contributed by atoms with E-state index in [0.29, 0.717) is 33.2 Å². The molecule has 24 heavy (non-hydrogen) atoms. The summed E-state index contributed by atoms with van der Waals surface area (Å²) in [6.07, 6.45) is 2.24. The van der Waals surface area contributed by atoms with Gasteiger partial charge in [-0.15, -0.1) is 12.4 Å². The molecule has 0 saturated carbocycles. The molecule has 8 heteroatoms. The van der Waals surface area contributed by atoms with E-state index in [4.69, 9.17) is 34.8 Å². The SMILES string of the molecule is CCNCC1CCN(CC(=O)Nc2cc(Cl)c(Cl)cc2Cl)CC1.Cl.